The van der Waals surface area contributed by atoms with Crippen molar-refractivity contribution in [1.29, 1.82) is 0 Å². The average Bonchev–Trinajstić information content (AvgIpc) is 2.56. The molecule has 0 saturated carbocycles. The average molecular weight is 468 g/mol. The fraction of sp³-hybridized carbons (Fsp3) is 0.0625. The van der Waals surface area contributed by atoms with Crippen LogP contribution in [0.2, 0.25) is 20.1 Å². The van der Waals surface area contributed by atoms with Gasteiger partial charge in [-0.3, -0.25) is 10.1 Å². The third kappa shape index (κ3) is 6.12. The van der Waals surface area contributed by atoms with Crippen LogP contribution in [0.4, 0.5) is 5.69 Å². The molecule has 0 spiro atoms. The van der Waals surface area contributed by atoms with Gasteiger partial charge in [0.15, 0.2) is 11.7 Å². The van der Waals surface area contributed by atoms with E-state index >= 15 is 0 Å². The Morgan fingerprint density at radius 1 is 1.04 bits per heavy atom. The van der Waals surface area contributed by atoms with Crippen molar-refractivity contribution in [1.82, 2.24) is 5.32 Å². The molecule has 2 aromatic carbocycles. The smallest absolute Gasteiger partial charge is 0.337 e. The number of ether oxygens (including phenoxy) is 1. The minimum absolute atomic E-state index is 0.000491. The van der Waals surface area contributed by atoms with E-state index in [1.165, 1.54) is 24.3 Å². The Morgan fingerprint density at radius 3 is 2.33 bits per heavy atom. The highest BCUT2D eigenvalue weighted by Gasteiger charge is 2.17. The number of halogens is 4. The molecular weight excluding hydrogens is 458 g/mol. The first kappa shape index (κ1) is 21.5. The predicted octanol–water partition coefficient (Wildman–Crippen LogP) is 4.89. The monoisotopic (exact) mass is 466 g/mol. The van der Waals surface area contributed by atoms with Crippen LogP contribution in [0.25, 0.3) is 0 Å². The molecule has 3 N–H and O–H groups in total. The summed E-state index contributed by atoms with van der Waals surface area (Å²) in [6, 6.07) is 7.09. The molecule has 0 bridgehead atoms. The maximum Gasteiger partial charge on any atom is 0.337 e. The van der Waals surface area contributed by atoms with E-state index in [-0.39, 0.29) is 43.8 Å². The number of nitrogens with one attached hydrogen (secondary N) is 2. The Morgan fingerprint density at radius 2 is 1.70 bits per heavy atom. The molecule has 0 aromatic heterocycles. The Balaban J connectivity index is 1.99. The van der Waals surface area contributed by atoms with Crippen molar-refractivity contribution in [2.75, 3.05) is 11.9 Å². The highest BCUT2D eigenvalue weighted by Crippen LogP contribution is 2.30. The molecule has 0 fully saturated rings. The highest BCUT2D eigenvalue weighted by atomic mass is 35.5. The number of carboxylic acids is 1. The summed E-state index contributed by atoms with van der Waals surface area (Å²) in [7, 11) is 0. The second kappa shape index (κ2) is 9.43. The van der Waals surface area contributed by atoms with Gasteiger partial charge in [-0.2, -0.15) is 0 Å². The van der Waals surface area contributed by atoms with Gasteiger partial charge in [0.1, 0.15) is 5.75 Å². The first-order chi connectivity index (χ1) is 12.7. The summed E-state index contributed by atoms with van der Waals surface area (Å²) in [5, 5.41) is 14.8. The summed E-state index contributed by atoms with van der Waals surface area (Å²) in [5.41, 5.74) is -0.200. The molecule has 0 aliphatic rings. The van der Waals surface area contributed by atoms with Crippen LogP contribution in [-0.4, -0.2) is 28.7 Å². The van der Waals surface area contributed by atoms with Crippen molar-refractivity contribution < 1.29 is 19.4 Å². The zero-order valence-corrected chi connectivity index (χ0v) is 17.0. The molecule has 2 rings (SSSR count). The van der Waals surface area contributed by atoms with Gasteiger partial charge in [-0.25, -0.2) is 4.79 Å². The van der Waals surface area contributed by atoms with E-state index in [0.717, 1.165) is 0 Å². The number of hydrogen-bond donors (Lipinski definition) is 3. The van der Waals surface area contributed by atoms with E-state index in [1.807, 2.05) is 0 Å². The van der Waals surface area contributed by atoms with Crippen LogP contribution < -0.4 is 15.4 Å². The van der Waals surface area contributed by atoms with E-state index in [1.54, 1.807) is 6.07 Å². The molecule has 1 amide bonds. The lowest BCUT2D eigenvalue weighted by Gasteiger charge is -2.14. The van der Waals surface area contributed by atoms with Gasteiger partial charge in [-0.15, -0.1) is 0 Å². The number of hydrogen-bond acceptors (Lipinski definition) is 4. The lowest BCUT2D eigenvalue weighted by Crippen LogP contribution is -2.37. The molecule has 0 saturated heterocycles. The zero-order chi connectivity index (χ0) is 20.1. The normalized spacial score (nSPS) is 10.2. The van der Waals surface area contributed by atoms with Crippen LogP contribution in [0.15, 0.2) is 30.3 Å². The van der Waals surface area contributed by atoms with Gasteiger partial charge in [-0.1, -0.05) is 46.4 Å². The second-order valence-corrected chi connectivity index (χ2v) is 7.08. The number of amides is 1. The van der Waals surface area contributed by atoms with Gasteiger partial charge in [-0.05, 0) is 42.5 Å². The Kier molecular flexibility index (Phi) is 7.52. The molecule has 27 heavy (non-hydrogen) atoms. The number of benzene rings is 2. The number of thiocarbonyl (C=S) groups is 1. The van der Waals surface area contributed by atoms with Crippen LogP contribution in [0.1, 0.15) is 10.4 Å². The van der Waals surface area contributed by atoms with Crippen LogP contribution in [-0.2, 0) is 4.79 Å². The Hall–Kier alpha value is -1.77. The van der Waals surface area contributed by atoms with Crippen molar-refractivity contribution in [3.05, 3.63) is 56.0 Å². The second-order valence-electron chi connectivity index (χ2n) is 4.98. The number of carbonyl (C=O) groups is 2. The zero-order valence-electron chi connectivity index (χ0n) is 13.2. The molecule has 6 nitrogen and oxygen atoms in total. The summed E-state index contributed by atoms with van der Waals surface area (Å²) >= 11 is 28.5. The maximum atomic E-state index is 11.9. The number of anilines is 1. The van der Waals surface area contributed by atoms with E-state index in [4.69, 9.17) is 63.4 Å². The standard InChI is InChI=1S/C16H10Cl4N2O4S/c17-7-1-2-12(10(19)4-7)26-6-13(23)21-16(27)22-14-9(15(24)25)3-8(18)5-11(14)20/h1-5H,6H2,(H,24,25)(H2,21,22,23,27). The fourth-order valence-corrected chi connectivity index (χ4v) is 3.13. The minimum atomic E-state index is -1.27. The van der Waals surface area contributed by atoms with Crippen molar-refractivity contribution in [2.24, 2.45) is 0 Å². The van der Waals surface area contributed by atoms with Gasteiger partial charge < -0.3 is 15.2 Å². The van der Waals surface area contributed by atoms with E-state index in [9.17, 15) is 14.7 Å². The van der Waals surface area contributed by atoms with E-state index < -0.39 is 11.9 Å². The SMILES string of the molecule is O=C(COc1ccc(Cl)cc1Cl)NC(=S)Nc1c(Cl)cc(Cl)cc1C(=O)O. The molecular formula is C16H10Cl4N2O4S. The summed E-state index contributed by atoms with van der Waals surface area (Å²) in [5.74, 6) is -1.60. The first-order valence-electron chi connectivity index (χ1n) is 7.08. The first-order valence-corrected chi connectivity index (χ1v) is 9.00. The fourth-order valence-electron chi connectivity index (χ4n) is 1.91. The summed E-state index contributed by atoms with van der Waals surface area (Å²) < 4.78 is 5.28. The molecule has 2 aromatic rings. The van der Waals surface area contributed by atoms with E-state index in [2.05, 4.69) is 10.6 Å². The third-order valence-electron chi connectivity index (χ3n) is 3.03. The number of carboxylic acid groups (broad SMARTS) is 1. The highest BCUT2D eigenvalue weighted by molar-refractivity contribution is 7.80. The lowest BCUT2D eigenvalue weighted by atomic mass is 10.2. The molecule has 0 atom stereocenters. The molecule has 142 valence electrons. The molecule has 0 radical (unpaired) electrons. The minimum Gasteiger partial charge on any atom is -0.482 e. The van der Waals surface area contributed by atoms with Crippen LogP contribution >= 0.6 is 58.6 Å². The van der Waals surface area contributed by atoms with Crippen molar-refractivity contribution in [3.63, 3.8) is 0 Å². The molecule has 0 aliphatic heterocycles. The summed E-state index contributed by atoms with van der Waals surface area (Å²) in [6.45, 7) is -0.386. The number of carbonyl (C=O) groups excluding carboxylic acids is 1. The van der Waals surface area contributed by atoms with Gasteiger partial charge in [0.25, 0.3) is 5.91 Å². The quantitative estimate of drug-likeness (QED) is 0.542. The van der Waals surface area contributed by atoms with Crippen LogP contribution in [0, 0.1) is 0 Å². The molecule has 0 unspecified atom stereocenters. The molecule has 11 heteroatoms. The molecule has 0 aliphatic carbocycles. The topological polar surface area (TPSA) is 87.7 Å². The Labute approximate surface area is 179 Å². The lowest BCUT2D eigenvalue weighted by molar-refractivity contribution is -0.121. The maximum absolute atomic E-state index is 11.9. The van der Waals surface area contributed by atoms with Crippen LogP contribution in [0.5, 0.6) is 5.75 Å². The third-order valence-corrected chi connectivity index (χ3v) is 4.28. The number of aromatic carboxylic acids is 1. The van der Waals surface area contributed by atoms with Crippen molar-refractivity contribution >= 4 is 81.3 Å². The summed E-state index contributed by atoms with van der Waals surface area (Å²) in [4.78, 5) is 23.3. The van der Waals surface area contributed by atoms with Gasteiger partial charge >= 0.3 is 5.97 Å². The molecule has 0 heterocycles. The van der Waals surface area contributed by atoms with Gasteiger partial charge in [0.05, 0.1) is 21.3 Å². The van der Waals surface area contributed by atoms with Gasteiger partial charge in [0.2, 0.25) is 0 Å². The van der Waals surface area contributed by atoms with Crippen molar-refractivity contribution in [2.45, 2.75) is 0 Å². The van der Waals surface area contributed by atoms with Crippen LogP contribution in [0.3, 0.4) is 0 Å². The summed E-state index contributed by atoms with van der Waals surface area (Å²) in [6.07, 6.45) is 0. The van der Waals surface area contributed by atoms with Gasteiger partial charge in [0, 0.05) is 10.0 Å². The number of rotatable bonds is 5. The van der Waals surface area contributed by atoms with E-state index in [0.29, 0.717) is 5.02 Å². The van der Waals surface area contributed by atoms with Crippen molar-refractivity contribution in [3.8, 4) is 5.75 Å². The Bertz CT molecular complexity index is 924. The predicted molar refractivity (Wildman–Crippen MR) is 110 cm³/mol. The largest absolute Gasteiger partial charge is 0.482 e.